The molecule has 0 radical (unpaired) electrons. The Kier molecular flexibility index (Phi) is 11.6. The molecule has 0 bridgehead atoms. The van der Waals surface area contributed by atoms with Crippen LogP contribution in [0.5, 0.6) is 0 Å². The number of nitrogens with zero attached hydrogens (tertiary/aromatic N) is 5. The number of hydrogen-bond donors (Lipinski definition) is 0. The van der Waals surface area contributed by atoms with Gasteiger partial charge < -0.3 is 37.5 Å². The van der Waals surface area contributed by atoms with Gasteiger partial charge in [-0.2, -0.15) is 15.1 Å². The third kappa shape index (κ3) is 8.22. The molecule has 1 amide bonds. The molecule has 2 aromatic rings. The Balaban J connectivity index is 1.49. The molecule has 3 aliphatic rings. The van der Waals surface area contributed by atoms with Gasteiger partial charge in [-0.3, -0.25) is 9.46 Å². The molecule has 2 saturated heterocycles. The van der Waals surface area contributed by atoms with Crippen molar-refractivity contribution in [2.45, 2.75) is 129 Å². The average Bonchev–Trinajstić information content (AvgIpc) is 3.78. The maximum absolute atomic E-state index is 13.7. The van der Waals surface area contributed by atoms with Gasteiger partial charge in [0, 0.05) is 6.04 Å². The van der Waals surface area contributed by atoms with Gasteiger partial charge in [0.1, 0.15) is 23.9 Å². The van der Waals surface area contributed by atoms with E-state index in [1.807, 2.05) is 0 Å². The number of hydrogen-bond acceptors (Lipinski definition) is 14. The fraction of sp³-hybridized carbons (Fsp3) is 0.774. The summed E-state index contributed by atoms with van der Waals surface area (Å²) in [6.45, 7) is 13.6. The van der Waals surface area contributed by atoms with Gasteiger partial charge in [-0.25, -0.2) is 14.3 Å². The summed E-state index contributed by atoms with van der Waals surface area (Å²) in [5.41, 5.74) is -0.447. The molecule has 16 nitrogen and oxygen atoms in total. The number of aromatic nitrogens is 4. The molecular weight excluding hydrogens is 685 g/mol. The van der Waals surface area contributed by atoms with Crippen molar-refractivity contribution in [2.75, 3.05) is 31.3 Å². The lowest BCUT2D eigenvalue weighted by Gasteiger charge is -2.31. The largest absolute Gasteiger partial charge is 0.464 e. The van der Waals surface area contributed by atoms with Crippen LogP contribution in [0.25, 0.3) is 11.0 Å². The molecule has 5 rings (SSSR count). The van der Waals surface area contributed by atoms with E-state index in [-0.39, 0.29) is 43.6 Å². The van der Waals surface area contributed by atoms with Gasteiger partial charge in [-0.15, -0.1) is 0 Å². The maximum Gasteiger partial charge on any atom is 0.416 e. The summed E-state index contributed by atoms with van der Waals surface area (Å²) >= 11 is 6.51. The van der Waals surface area contributed by atoms with E-state index >= 15 is 0 Å². The monoisotopic (exact) mass is 731 g/mol. The zero-order chi connectivity index (χ0) is 35.7. The number of amides is 1. The molecule has 0 aromatic carbocycles. The lowest BCUT2D eigenvalue weighted by Crippen LogP contribution is -2.43. The second kappa shape index (κ2) is 15.0. The van der Waals surface area contributed by atoms with Crippen LogP contribution in [-0.4, -0.2) is 99.8 Å². The van der Waals surface area contributed by atoms with E-state index in [4.69, 9.17) is 49.1 Å². The Bertz CT molecular complexity index is 1540. The molecule has 4 heterocycles. The van der Waals surface area contributed by atoms with Crippen LogP contribution in [-0.2, 0) is 46.8 Å². The van der Waals surface area contributed by atoms with Crippen molar-refractivity contribution in [3.05, 3.63) is 11.5 Å². The molecule has 5 atom stereocenters. The lowest BCUT2D eigenvalue weighted by molar-refractivity contribution is -0.204. The summed E-state index contributed by atoms with van der Waals surface area (Å²) in [4.78, 5) is 37.1. The highest BCUT2D eigenvalue weighted by Crippen LogP contribution is 2.54. The molecule has 18 heteroatoms. The number of esters is 1. The Morgan fingerprint density at radius 3 is 2.35 bits per heavy atom. The zero-order valence-electron chi connectivity index (χ0n) is 29.3. The Hall–Kier alpha value is -2.43. The van der Waals surface area contributed by atoms with Crippen molar-refractivity contribution in [3.8, 4) is 0 Å². The number of fused-ring (bicyclic) bond motifs is 2. The quantitative estimate of drug-likeness (QED) is 0.138. The normalized spacial score (nSPS) is 24.7. The number of rotatable bonds is 13. The number of ether oxygens (including phenoxy) is 6. The fourth-order valence-electron chi connectivity index (χ4n) is 6.35. The summed E-state index contributed by atoms with van der Waals surface area (Å²) in [6.07, 6.45) is 1.32. The first-order chi connectivity index (χ1) is 23.1. The van der Waals surface area contributed by atoms with Gasteiger partial charge in [-0.05, 0) is 79.8 Å². The minimum absolute atomic E-state index is 0.0132. The fourth-order valence-corrected chi connectivity index (χ4v) is 8.17. The highest BCUT2D eigenvalue weighted by atomic mass is 35.5. The predicted octanol–water partition coefficient (Wildman–Crippen LogP) is 5.75. The summed E-state index contributed by atoms with van der Waals surface area (Å²) in [5.74, 6) is -3.30. The molecule has 2 aromatic heterocycles. The third-order valence-electron chi connectivity index (χ3n) is 8.09. The van der Waals surface area contributed by atoms with Crippen LogP contribution in [0.1, 0.15) is 87.3 Å². The summed E-state index contributed by atoms with van der Waals surface area (Å²) in [7, 11) is -4.09. The van der Waals surface area contributed by atoms with Crippen molar-refractivity contribution >= 4 is 48.1 Å². The SMILES string of the molecule is CCOC(=O)C(OC[C@H]1O[C@@H](n2ncc3c(N(C(=O)OC(C)(C)C)C4CCCC4)nc(Cl)nc32)[C@@H]2OC(C)(C)O[C@@H]21)P(=O)(OCC)OCC. The number of anilines is 1. The maximum atomic E-state index is 13.7. The predicted molar refractivity (Wildman–Crippen MR) is 176 cm³/mol. The molecule has 3 fully saturated rings. The van der Waals surface area contributed by atoms with E-state index in [2.05, 4.69) is 15.1 Å². The zero-order valence-corrected chi connectivity index (χ0v) is 30.9. The van der Waals surface area contributed by atoms with Gasteiger partial charge in [0.25, 0.3) is 5.85 Å². The van der Waals surface area contributed by atoms with Crippen molar-refractivity contribution in [3.63, 3.8) is 0 Å². The Morgan fingerprint density at radius 1 is 1.08 bits per heavy atom. The summed E-state index contributed by atoms with van der Waals surface area (Å²) < 4.78 is 61.9. The number of halogens is 1. The van der Waals surface area contributed by atoms with E-state index in [0.717, 1.165) is 25.7 Å². The van der Waals surface area contributed by atoms with Gasteiger partial charge in [0.2, 0.25) is 5.28 Å². The molecule has 1 saturated carbocycles. The van der Waals surface area contributed by atoms with Crippen LogP contribution in [0.3, 0.4) is 0 Å². The van der Waals surface area contributed by atoms with E-state index in [0.29, 0.717) is 11.0 Å². The van der Waals surface area contributed by atoms with Gasteiger partial charge in [-0.1, -0.05) is 12.8 Å². The van der Waals surface area contributed by atoms with Gasteiger partial charge in [0.05, 0.1) is 38.0 Å². The summed E-state index contributed by atoms with van der Waals surface area (Å²) in [5, 5.41) is 4.97. The van der Waals surface area contributed by atoms with Crippen LogP contribution in [0.2, 0.25) is 5.28 Å². The first-order valence-electron chi connectivity index (χ1n) is 16.7. The van der Waals surface area contributed by atoms with Crippen molar-refractivity contribution in [1.29, 1.82) is 0 Å². The second-order valence-corrected chi connectivity index (χ2v) is 15.8. The Labute approximate surface area is 290 Å². The topological polar surface area (TPSA) is 172 Å². The highest BCUT2D eigenvalue weighted by molar-refractivity contribution is 7.55. The van der Waals surface area contributed by atoms with Crippen LogP contribution in [0.15, 0.2) is 6.20 Å². The summed E-state index contributed by atoms with van der Waals surface area (Å²) in [6, 6.07) is -0.148. The van der Waals surface area contributed by atoms with E-state index in [1.54, 1.807) is 66.5 Å². The van der Waals surface area contributed by atoms with Crippen molar-refractivity contribution in [1.82, 2.24) is 19.7 Å². The van der Waals surface area contributed by atoms with E-state index in [9.17, 15) is 14.2 Å². The molecule has 0 spiro atoms. The second-order valence-electron chi connectivity index (χ2n) is 13.4. The number of carbonyl (C=O) groups is 2. The molecule has 1 aliphatic carbocycles. The molecule has 274 valence electrons. The van der Waals surface area contributed by atoms with Crippen LogP contribution in [0, 0.1) is 0 Å². The van der Waals surface area contributed by atoms with Crippen LogP contribution < -0.4 is 4.90 Å². The highest BCUT2D eigenvalue weighted by Gasteiger charge is 2.57. The van der Waals surface area contributed by atoms with Crippen molar-refractivity contribution in [2.24, 2.45) is 0 Å². The van der Waals surface area contributed by atoms with Crippen LogP contribution in [0.4, 0.5) is 10.6 Å². The third-order valence-corrected chi connectivity index (χ3v) is 10.4. The number of carbonyl (C=O) groups excluding carboxylic acids is 2. The Morgan fingerprint density at radius 2 is 1.73 bits per heavy atom. The van der Waals surface area contributed by atoms with E-state index < -0.39 is 61.4 Å². The minimum Gasteiger partial charge on any atom is -0.464 e. The lowest BCUT2D eigenvalue weighted by atomic mass is 10.1. The van der Waals surface area contributed by atoms with Crippen LogP contribution >= 0.6 is 19.2 Å². The van der Waals surface area contributed by atoms with Gasteiger partial charge >= 0.3 is 19.7 Å². The molecule has 0 N–H and O–H groups in total. The molecular formula is C31H47ClN5O11P. The molecule has 2 aliphatic heterocycles. The molecule has 49 heavy (non-hydrogen) atoms. The smallest absolute Gasteiger partial charge is 0.416 e. The first-order valence-corrected chi connectivity index (χ1v) is 18.7. The molecule has 1 unspecified atom stereocenters. The minimum atomic E-state index is -4.09. The first kappa shape index (κ1) is 37.8. The van der Waals surface area contributed by atoms with Gasteiger partial charge in [0.15, 0.2) is 23.5 Å². The van der Waals surface area contributed by atoms with Crippen molar-refractivity contribution < 1.29 is 51.6 Å². The standard InChI is InChI=1S/C31H47ClN5O11P/c1-9-41-26(38)27(49(40,43-10-2)44-11-3)42-17-20-21-22(47-31(7,8)46-21)25(45-20)37-24-19(16-33-37)23(34-28(32)35-24)36(18-14-12-13-15-18)29(39)48-30(4,5)6/h16,18,20-22,25,27H,9-15,17H2,1-8H3/t20-,21-,22-,25-,27?/m1/s1. The average molecular weight is 732 g/mol. The van der Waals surface area contributed by atoms with E-state index in [1.165, 1.54) is 4.68 Å².